The number of rotatable bonds is 2. The van der Waals surface area contributed by atoms with Crippen molar-refractivity contribution >= 4 is 34.8 Å². The van der Waals surface area contributed by atoms with Gasteiger partial charge in [-0.05, 0) is 30.3 Å². The van der Waals surface area contributed by atoms with Crippen LogP contribution in [0, 0.1) is 6.92 Å². The molecule has 1 heterocycles. The molecule has 5 nitrogen and oxygen atoms in total. The van der Waals surface area contributed by atoms with Gasteiger partial charge in [0.15, 0.2) is 5.69 Å². The van der Waals surface area contributed by atoms with E-state index in [4.69, 9.17) is 23.2 Å². The SMILES string of the molecule is Cc1nonc1C(=O)Nc1ccc(Cl)c(Cl)c1. The minimum absolute atomic E-state index is 0.135. The van der Waals surface area contributed by atoms with Crippen LogP contribution < -0.4 is 5.32 Å². The van der Waals surface area contributed by atoms with E-state index in [1.54, 1.807) is 25.1 Å². The minimum Gasteiger partial charge on any atom is -0.320 e. The molecule has 0 bridgehead atoms. The Labute approximate surface area is 107 Å². The number of carbonyl (C=O) groups is 1. The minimum atomic E-state index is -0.415. The van der Waals surface area contributed by atoms with E-state index in [0.29, 0.717) is 21.4 Å². The second kappa shape index (κ2) is 4.73. The number of amides is 1. The van der Waals surface area contributed by atoms with E-state index in [2.05, 4.69) is 20.3 Å². The number of benzene rings is 1. The molecule has 7 heteroatoms. The van der Waals surface area contributed by atoms with Crippen molar-refractivity contribution in [1.29, 1.82) is 0 Å². The van der Waals surface area contributed by atoms with Crippen LogP contribution in [0.1, 0.15) is 16.2 Å². The topological polar surface area (TPSA) is 68.0 Å². The Morgan fingerprint density at radius 3 is 2.65 bits per heavy atom. The van der Waals surface area contributed by atoms with Crippen LogP contribution in [0.5, 0.6) is 0 Å². The van der Waals surface area contributed by atoms with Gasteiger partial charge in [-0.15, -0.1) is 0 Å². The van der Waals surface area contributed by atoms with Crippen molar-refractivity contribution in [1.82, 2.24) is 10.3 Å². The van der Waals surface area contributed by atoms with Crippen LogP contribution in [0.4, 0.5) is 5.69 Å². The van der Waals surface area contributed by atoms with Gasteiger partial charge < -0.3 is 5.32 Å². The summed E-state index contributed by atoms with van der Waals surface area (Å²) in [6, 6.07) is 4.77. The fraction of sp³-hybridized carbons (Fsp3) is 0.100. The van der Waals surface area contributed by atoms with Crippen molar-refractivity contribution in [2.45, 2.75) is 6.92 Å². The molecule has 0 aliphatic heterocycles. The van der Waals surface area contributed by atoms with Crippen LogP contribution >= 0.6 is 23.2 Å². The molecule has 1 N–H and O–H groups in total. The van der Waals surface area contributed by atoms with E-state index < -0.39 is 5.91 Å². The van der Waals surface area contributed by atoms with Crippen molar-refractivity contribution in [3.8, 4) is 0 Å². The first-order valence-corrected chi connectivity index (χ1v) is 5.39. The molecule has 0 atom stereocenters. The monoisotopic (exact) mass is 271 g/mol. The molecule has 2 aromatic rings. The predicted octanol–water partition coefficient (Wildman–Crippen LogP) is 2.94. The molecule has 2 rings (SSSR count). The Morgan fingerprint density at radius 1 is 1.29 bits per heavy atom. The van der Waals surface area contributed by atoms with E-state index >= 15 is 0 Å². The van der Waals surface area contributed by atoms with Crippen LogP contribution in [-0.2, 0) is 0 Å². The molecule has 0 aliphatic rings. The van der Waals surface area contributed by atoms with E-state index in [1.165, 1.54) is 0 Å². The standard InChI is InChI=1S/C10H7Cl2N3O2/c1-5-9(15-17-14-5)10(16)13-6-2-3-7(11)8(12)4-6/h2-4H,1H3,(H,13,16). The molecule has 1 amide bonds. The summed E-state index contributed by atoms with van der Waals surface area (Å²) in [5.41, 5.74) is 1.07. The highest BCUT2D eigenvalue weighted by atomic mass is 35.5. The molecule has 0 aliphatic carbocycles. The first-order valence-electron chi connectivity index (χ1n) is 4.63. The molecule has 0 spiro atoms. The van der Waals surface area contributed by atoms with Gasteiger partial charge in [0.2, 0.25) is 0 Å². The lowest BCUT2D eigenvalue weighted by Gasteiger charge is -2.04. The number of carbonyl (C=O) groups excluding carboxylic acids is 1. The number of nitrogens with zero attached hydrogens (tertiary/aromatic N) is 2. The molecule has 88 valence electrons. The Bertz CT molecular complexity index is 568. The third-order valence-electron chi connectivity index (χ3n) is 2.05. The second-order valence-electron chi connectivity index (χ2n) is 3.28. The average Bonchev–Trinajstić information content (AvgIpc) is 2.70. The zero-order valence-electron chi connectivity index (χ0n) is 8.70. The number of halogens is 2. The molecule has 0 saturated heterocycles. The number of hydrogen-bond donors (Lipinski definition) is 1. The molecule has 0 radical (unpaired) electrons. The summed E-state index contributed by atoms with van der Waals surface area (Å²) in [7, 11) is 0. The molecule has 1 aromatic carbocycles. The van der Waals surface area contributed by atoms with Crippen LogP contribution in [0.25, 0.3) is 0 Å². The van der Waals surface area contributed by atoms with Crippen LogP contribution in [0.3, 0.4) is 0 Å². The van der Waals surface area contributed by atoms with Crippen molar-refractivity contribution in [2.75, 3.05) is 5.32 Å². The quantitative estimate of drug-likeness (QED) is 0.912. The van der Waals surface area contributed by atoms with Gasteiger partial charge in [-0.1, -0.05) is 28.4 Å². The summed E-state index contributed by atoms with van der Waals surface area (Å²) in [6.45, 7) is 1.63. The summed E-state index contributed by atoms with van der Waals surface area (Å²) in [4.78, 5) is 11.7. The maximum atomic E-state index is 11.7. The van der Waals surface area contributed by atoms with E-state index in [-0.39, 0.29) is 5.69 Å². The Morgan fingerprint density at radius 2 is 2.06 bits per heavy atom. The molecular formula is C10H7Cl2N3O2. The lowest BCUT2D eigenvalue weighted by Crippen LogP contribution is -2.13. The van der Waals surface area contributed by atoms with E-state index in [1.807, 2.05) is 0 Å². The average molecular weight is 272 g/mol. The van der Waals surface area contributed by atoms with Gasteiger partial charge in [0, 0.05) is 5.69 Å². The smallest absolute Gasteiger partial charge is 0.279 e. The van der Waals surface area contributed by atoms with Gasteiger partial charge in [0.05, 0.1) is 10.0 Å². The number of nitrogens with one attached hydrogen (secondary N) is 1. The summed E-state index contributed by atoms with van der Waals surface area (Å²) in [5, 5.41) is 10.4. The van der Waals surface area contributed by atoms with Gasteiger partial charge >= 0.3 is 0 Å². The van der Waals surface area contributed by atoms with Crippen LogP contribution in [0.2, 0.25) is 10.0 Å². The third-order valence-corrected chi connectivity index (χ3v) is 2.78. The summed E-state index contributed by atoms with van der Waals surface area (Å²) >= 11 is 11.6. The zero-order valence-corrected chi connectivity index (χ0v) is 10.2. The van der Waals surface area contributed by atoms with Crippen molar-refractivity contribution in [3.05, 3.63) is 39.6 Å². The summed E-state index contributed by atoms with van der Waals surface area (Å²) in [6.07, 6.45) is 0. The summed E-state index contributed by atoms with van der Waals surface area (Å²) in [5.74, 6) is -0.415. The maximum Gasteiger partial charge on any atom is 0.279 e. The number of hydrogen-bond acceptors (Lipinski definition) is 4. The van der Waals surface area contributed by atoms with Crippen LogP contribution in [0.15, 0.2) is 22.8 Å². The van der Waals surface area contributed by atoms with Gasteiger partial charge in [-0.3, -0.25) is 4.79 Å². The first kappa shape index (κ1) is 11.9. The zero-order chi connectivity index (χ0) is 12.4. The van der Waals surface area contributed by atoms with Crippen molar-refractivity contribution in [2.24, 2.45) is 0 Å². The van der Waals surface area contributed by atoms with E-state index in [0.717, 1.165) is 0 Å². The molecule has 1 aromatic heterocycles. The van der Waals surface area contributed by atoms with Gasteiger partial charge in [-0.25, -0.2) is 4.63 Å². The Hall–Kier alpha value is -1.59. The fourth-order valence-electron chi connectivity index (χ4n) is 1.20. The molecule has 0 unspecified atom stereocenters. The largest absolute Gasteiger partial charge is 0.320 e. The van der Waals surface area contributed by atoms with E-state index in [9.17, 15) is 4.79 Å². The summed E-state index contributed by atoms with van der Waals surface area (Å²) < 4.78 is 4.44. The molecular weight excluding hydrogens is 265 g/mol. The Kier molecular flexibility index (Phi) is 3.31. The predicted molar refractivity (Wildman–Crippen MR) is 63.5 cm³/mol. The van der Waals surface area contributed by atoms with Gasteiger partial charge in [0.25, 0.3) is 5.91 Å². The van der Waals surface area contributed by atoms with Crippen LogP contribution in [-0.4, -0.2) is 16.2 Å². The van der Waals surface area contributed by atoms with Crippen molar-refractivity contribution < 1.29 is 9.42 Å². The fourth-order valence-corrected chi connectivity index (χ4v) is 1.50. The highest BCUT2D eigenvalue weighted by Gasteiger charge is 2.15. The normalized spacial score (nSPS) is 10.3. The molecule has 17 heavy (non-hydrogen) atoms. The second-order valence-corrected chi connectivity index (χ2v) is 4.10. The highest BCUT2D eigenvalue weighted by Crippen LogP contribution is 2.25. The number of anilines is 1. The van der Waals surface area contributed by atoms with Gasteiger partial charge in [0.1, 0.15) is 5.69 Å². The van der Waals surface area contributed by atoms with Crippen molar-refractivity contribution in [3.63, 3.8) is 0 Å². The highest BCUT2D eigenvalue weighted by molar-refractivity contribution is 6.42. The Balaban J connectivity index is 2.19. The molecule has 0 fully saturated rings. The molecule has 0 saturated carbocycles. The first-order chi connectivity index (χ1) is 8.08. The number of aryl methyl sites for hydroxylation is 1. The van der Waals surface area contributed by atoms with Gasteiger partial charge in [-0.2, -0.15) is 0 Å². The number of aromatic nitrogens is 2. The lowest BCUT2D eigenvalue weighted by atomic mass is 10.3. The third kappa shape index (κ3) is 2.57. The maximum absolute atomic E-state index is 11.7. The lowest BCUT2D eigenvalue weighted by molar-refractivity contribution is 0.101.